The molecule has 1 amide bonds. The van der Waals surface area contributed by atoms with Crippen LogP contribution in [0.3, 0.4) is 0 Å². The van der Waals surface area contributed by atoms with Crippen molar-refractivity contribution in [2.75, 3.05) is 0 Å². The molecule has 0 heterocycles. The molecule has 0 bridgehead atoms. The zero-order valence-corrected chi connectivity index (χ0v) is 10.9. The highest BCUT2D eigenvalue weighted by Crippen LogP contribution is 2.21. The Morgan fingerprint density at radius 1 is 1.42 bits per heavy atom. The second-order valence-electron chi connectivity index (χ2n) is 4.14. The minimum Gasteiger partial charge on any atom is -0.389 e. The summed E-state index contributed by atoms with van der Waals surface area (Å²) in [4.78, 5) is 11.9. The molecule has 1 rings (SSSR count). The summed E-state index contributed by atoms with van der Waals surface area (Å²) in [5.41, 5.74) is 6.13. The number of halogens is 3. The lowest BCUT2D eigenvalue weighted by Gasteiger charge is -2.16. The molecule has 0 radical (unpaired) electrons. The van der Waals surface area contributed by atoms with Gasteiger partial charge in [0.1, 0.15) is 4.99 Å². The molecule has 3 N–H and O–H groups in total. The first kappa shape index (κ1) is 15.4. The second kappa shape index (κ2) is 6.01. The number of nitrogens with two attached hydrogens (primary N) is 1. The average molecular weight is 290 g/mol. The molecule has 1 atom stereocenters. The van der Waals surface area contributed by atoms with Crippen molar-refractivity contribution >= 4 is 23.1 Å². The van der Waals surface area contributed by atoms with Crippen LogP contribution in [0.25, 0.3) is 0 Å². The van der Waals surface area contributed by atoms with Gasteiger partial charge in [-0.1, -0.05) is 24.4 Å². The first-order valence-electron chi connectivity index (χ1n) is 5.46. The Hall–Kier alpha value is -1.63. The monoisotopic (exact) mass is 290 g/mol. The first-order valence-corrected chi connectivity index (χ1v) is 5.87. The molecule has 1 aromatic rings. The molecular weight excluding hydrogens is 277 g/mol. The van der Waals surface area contributed by atoms with Gasteiger partial charge in [-0.25, -0.2) is 0 Å². The van der Waals surface area contributed by atoms with Crippen LogP contribution >= 0.6 is 12.2 Å². The summed E-state index contributed by atoms with van der Waals surface area (Å²) in [7, 11) is 0. The molecule has 0 saturated heterocycles. The largest absolute Gasteiger partial charge is 0.391 e. The van der Waals surface area contributed by atoms with Crippen LogP contribution in [0.15, 0.2) is 24.3 Å². The highest BCUT2D eigenvalue weighted by atomic mass is 32.1. The van der Waals surface area contributed by atoms with E-state index in [1.54, 1.807) is 12.1 Å². The van der Waals surface area contributed by atoms with E-state index < -0.39 is 24.5 Å². The van der Waals surface area contributed by atoms with Crippen molar-refractivity contribution in [1.82, 2.24) is 5.32 Å². The van der Waals surface area contributed by atoms with Gasteiger partial charge in [-0.05, 0) is 19.1 Å². The number of benzene rings is 1. The van der Waals surface area contributed by atoms with E-state index >= 15 is 0 Å². The summed E-state index contributed by atoms with van der Waals surface area (Å²) in [5, 5.41) is 2.28. The Balaban J connectivity index is 2.73. The summed E-state index contributed by atoms with van der Waals surface area (Å²) in [6, 6.07) is 5.12. The maximum Gasteiger partial charge on any atom is 0.391 e. The highest BCUT2D eigenvalue weighted by Gasteiger charge is 2.30. The number of alkyl halides is 3. The number of carbonyl (C=O) groups is 1. The Labute approximate surface area is 114 Å². The number of amides is 1. The van der Waals surface area contributed by atoms with E-state index in [0.29, 0.717) is 5.56 Å². The fourth-order valence-electron chi connectivity index (χ4n) is 1.52. The van der Waals surface area contributed by atoms with Gasteiger partial charge in [-0.15, -0.1) is 0 Å². The standard InChI is InChI=1S/C12H13F3N2OS/c1-7(6-12(13,14)15)17-11(18)9-4-2-3-8(5-9)10(16)19/h2-5,7H,6H2,1H3,(H2,16,19)(H,17,18). The van der Waals surface area contributed by atoms with Crippen molar-refractivity contribution in [1.29, 1.82) is 0 Å². The Kier molecular flexibility index (Phi) is 4.88. The highest BCUT2D eigenvalue weighted by molar-refractivity contribution is 7.80. The molecule has 0 spiro atoms. The number of nitrogens with one attached hydrogen (secondary N) is 1. The number of carbonyl (C=O) groups excluding carboxylic acids is 1. The van der Waals surface area contributed by atoms with Gasteiger partial charge in [0, 0.05) is 17.2 Å². The van der Waals surface area contributed by atoms with Gasteiger partial charge in [-0.3, -0.25) is 4.79 Å². The van der Waals surface area contributed by atoms with Crippen molar-refractivity contribution < 1.29 is 18.0 Å². The molecule has 0 aliphatic carbocycles. The molecule has 19 heavy (non-hydrogen) atoms. The van der Waals surface area contributed by atoms with Gasteiger partial charge in [0.2, 0.25) is 0 Å². The van der Waals surface area contributed by atoms with Gasteiger partial charge >= 0.3 is 6.18 Å². The van der Waals surface area contributed by atoms with E-state index in [1.807, 2.05) is 0 Å². The van der Waals surface area contributed by atoms with E-state index in [9.17, 15) is 18.0 Å². The van der Waals surface area contributed by atoms with Crippen molar-refractivity contribution in [3.8, 4) is 0 Å². The third kappa shape index (κ3) is 5.25. The lowest BCUT2D eigenvalue weighted by molar-refractivity contribution is -0.138. The van der Waals surface area contributed by atoms with Crippen LogP contribution in [0, 0.1) is 0 Å². The van der Waals surface area contributed by atoms with E-state index in [-0.39, 0.29) is 10.6 Å². The zero-order valence-electron chi connectivity index (χ0n) is 10.1. The molecule has 104 valence electrons. The number of hydrogen-bond acceptors (Lipinski definition) is 2. The lowest BCUT2D eigenvalue weighted by atomic mass is 10.1. The molecular formula is C12H13F3N2OS. The zero-order chi connectivity index (χ0) is 14.6. The third-order valence-corrected chi connectivity index (χ3v) is 2.56. The summed E-state index contributed by atoms with van der Waals surface area (Å²) < 4.78 is 36.4. The predicted molar refractivity (Wildman–Crippen MR) is 69.9 cm³/mol. The van der Waals surface area contributed by atoms with E-state index in [0.717, 1.165) is 0 Å². The van der Waals surface area contributed by atoms with Crippen molar-refractivity contribution in [3.05, 3.63) is 35.4 Å². The molecule has 1 unspecified atom stereocenters. The number of thiocarbonyl (C=S) groups is 1. The van der Waals surface area contributed by atoms with Crippen LogP contribution in [0.5, 0.6) is 0 Å². The van der Waals surface area contributed by atoms with Crippen LogP contribution in [0.4, 0.5) is 13.2 Å². The molecule has 0 aliphatic rings. The van der Waals surface area contributed by atoms with Gasteiger partial charge in [0.15, 0.2) is 0 Å². The predicted octanol–water partition coefficient (Wildman–Crippen LogP) is 2.39. The molecule has 0 aliphatic heterocycles. The Bertz CT molecular complexity index is 488. The van der Waals surface area contributed by atoms with Gasteiger partial charge < -0.3 is 11.1 Å². The minimum atomic E-state index is -4.31. The Morgan fingerprint density at radius 3 is 2.53 bits per heavy atom. The van der Waals surface area contributed by atoms with Crippen molar-refractivity contribution in [2.24, 2.45) is 5.73 Å². The molecule has 1 aromatic carbocycles. The fraction of sp³-hybridized carbons (Fsp3) is 0.333. The number of rotatable bonds is 4. The normalized spacial score (nSPS) is 12.8. The topological polar surface area (TPSA) is 55.1 Å². The van der Waals surface area contributed by atoms with Crippen molar-refractivity contribution in [3.63, 3.8) is 0 Å². The molecule has 7 heteroatoms. The quantitative estimate of drug-likeness (QED) is 0.837. The van der Waals surface area contributed by atoms with Crippen LogP contribution in [0.2, 0.25) is 0 Å². The smallest absolute Gasteiger partial charge is 0.389 e. The SMILES string of the molecule is CC(CC(F)(F)F)NC(=O)c1cccc(C(N)=S)c1. The van der Waals surface area contributed by atoms with Gasteiger partial charge in [0.25, 0.3) is 5.91 Å². The summed E-state index contributed by atoms with van der Waals surface area (Å²) in [5.74, 6) is -0.588. The summed E-state index contributed by atoms with van der Waals surface area (Å²) in [6.45, 7) is 1.29. The van der Waals surface area contributed by atoms with Crippen molar-refractivity contribution in [2.45, 2.75) is 25.6 Å². The summed E-state index contributed by atoms with van der Waals surface area (Å²) >= 11 is 4.76. The first-order chi connectivity index (χ1) is 8.69. The van der Waals surface area contributed by atoms with E-state index in [4.69, 9.17) is 18.0 Å². The van der Waals surface area contributed by atoms with Crippen LogP contribution in [-0.2, 0) is 0 Å². The summed E-state index contributed by atoms with van der Waals surface area (Å²) in [6.07, 6.45) is -5.39. The fourth-order valence-corrected chi connectivity index (χ4v) is 1.65. The van der Waals surface area contributed by atoms with E-state index in [1.165, 1.54) is 19.1 Å². The maximum absolute atomic E-state index is 12.1. The Morgan fingerprint density at radius 2 is 2.00 bits per heavy atom. The minimum absolute atomic E-state index is 0.123. The number of hydrogen-bond donors (Lipinski definition) is 2. The lowest BCUT2D eigenvalue weighted by Crippen LogP contribution is -2.36. The molecule has 0 fully saturated rings. The second-order valence-corrected chi connectivity index (χ2v) is 4.58. The molecule has 0 aromatic heterocycles. The third-order valence-electron chi connectivity index (χ3n) is 2.32. The maximum atomic E-state index is 12.1. The van der Waals surface area contributed by atoms with Gasteiger partial charge in [-0.2, -0.15) is 13.2 Å². The van der Waals surface area contributed by atoms with Crippen LogP contribution < -0.4 is 11.1 Å². The van der Waals surface area contributed by atoms with E-state index in [2.05, 4.69) is 5.32 Å². The van der Waals surface area contributed by atoms with Gasteiger partial charge in [0.05, 0.1) is 6.42 Å². The van der Waals surface area contributed by atoms with Crippen LogP contribution in [-0.4, -0.2) is 23.1 Å². The molecule has 3 nitrogen and oxygen atoms in total. The van der Waals surface area contributed by atoms with Crippen LogP contribution in [0.1, 0.15) is 29.3 Å². The molecule has 0 saturated carbocycles. The average Bonchev–Trinajstić information content (AvgIpc) is 2.26.